The molecule has 1 aromatic heterocycles. The molecule has 5 heteroatoms. The molecule has 2 N–H and O–H groups in total. The number of hydrogen-bond donors (Lipinski definition) is 2. The molecule has 1 heterocycles. The summed E-state index contributed by atoms with van der Waals surface area (Å²) in [4.78, 5) is 4.34. The maximum absolute atomic E-state index is 4.34. The van der Waals surface area contributed by atoms with Crippen LogP contribution < -0.4 is 10.6 Å². The molecule has 1 aliphatic carbocycles. The van der Waals surface area contributed by atoms with Gasteiger partial charge < -0.3 is 10.6 Å². The van der Waals surface area contributed by atoms with E-state index in [-0.39, 0.29) is 0 Å². The number of nitrogens with one attached hydrogen (secondary N) is 2. The summed E-state index contributed by atoms with van der Waals surface area (Å²) in [5.41, 5.74) is 1.20. The molecule has 1 fully saturated rings. The van der Waals surface area contributed by atoms with Crippen molar-refractivity contribution < 1.29 is 0 Å². The van der Waals surface area contributed by atoms with Gasteiger partial charge in [0.05, 0.1) is 12.7 Å². The fourth-order valence-electron chi connectivity index (χ4n) is 3.27. The third-order valence-electron chi connectivity index (χ3n) is 4.50. The van der Waals surface area contributed by atoms with Gasteiger partial charge in [0.25, 0.3) is 0 Å². The topological polar surface area (TPSA) is 54.2 Å². The number of rotatable bonds is 6. The average molecular weight is 305 g/mol. The van der Waals surface area contributed by atoms with Crippen molar-refractivity contribution in [3.8, 4) is 0 Å². The molecule has 1 aromatic rings. The van der Waals surface area contributed by atoms with Crippen molar-refractivity contribution in [1.29, 1.82) is 0 Å². The van der Waals surface area contributed by atoms with Gasteiger partial charge in [0.1, 0.15) is 0 Å². The van der Waals surface area contributed by atoms with E-state index >= 15 is 0 Å². The summed E-state index contributed by atoms with van der Waals surface area (Å²) >= 11 is 0. The molecule has 22 heavy (non-hydrogen) atoms. The van der Waals surface area contributed by atoms with Crippen LogP contribution in [0, 0.1) is 12.8 Å². The van der Waals surface area contributed by atoms with Gasteiger partial charge in [0.15, 0.2) is 5.96 Å². The van der Waals surface area contributed by atoms with E-state index in [0.717, 1.165) is 25.0 Å². The lowest BCUT2D eigenvalue weighted by atomic mass is 9.83. The van der Waals surface area contributed by atoms with Crippen LogP contribution in [-0.2, 0) is 6.54 Å². The third kappa shape index (κ3) is 5.35. The summed E-state index contributed by atoms with van der Waals surface area (Å²) in [6.07, 6.45) is 11.9. The molecule has 0 aromatic carbocycles. The molecular formula is C17H31N5. The lowest BCUT2D eigenvalue weighted by molar-refractivity contribution is 0.295. The van der Waals surface area contributed by atoms with Crippen LogP contribution in [-0.4, -0.2) is 35.4 Å². The van der Waals surface area contributed by atoms with Crippen LogP contribution >= 0.6 is 0 Å². The lowest BCUT2D eigenvalue weighted by Crippen LogP contribution is -2.45. The molecule has 0 atom stereocenters. The van der Waals surface area contributed by atoms with Crippen molar-refractivity contribution in [3.05, 3.63) is 18.0 Å². The van der Waals surface area contributed by atoms with Gasteiger partial charge in [-0.2, -0.15) is 5.10 Å². The Labute approximate surface area is 134 Å². The van der Waals surface area contributed by atoms with E-state index in [1.165, 1.54) is 44.1 Å². The molecule has 0 spiro atoms. The average Bonchev–Trinajstić information content (AvgIpc) is 2.94. The summed E-state index contributed by atoms with van der Waals surface area (Å²) in [7, 11) is 1.84. The van der Waals surface area contributed by atoms with Crippen LogP contribution in [0.5, 0.6) is 0 Å². The normalized spacial score (nSPS) is 22.6. The Hall–Kier alpha value is -1.52. The van der Waals surface area contributed by atoms with Crippen molar-refractivity contribution in [2.75, 3.05) is 13.6 Å². The van der Waals surface area contributed by atoms with E-state index in [0.29, 0.717) is 6.04 Å². The quantitative estimate of drug-likeness (QED) is 0.627. The van der Waals surface area contributed by atoms with Crippen LogP contribution in [0.1, 0.15) is 51.0 Å². The van der Waals surface area contributed by atoms with E-state index in [9.17, 15) is 0 Å². The molecule has 0 saturated heterocycles. The monoisotopic (exact) mass is 305 g/mol. The minimum atomic E-state index is 0.575. The molecule has 5 nitrogen and oxygen atoms in total. The Kier molecular flexibility index (Phi) is 6.74. The van der Waals surface area contributed by atoms with Crippen LogP contribution in [0.2, 0.25) is 0 Å². The first-order valence-electron chi connectivity index (χ1n) is 8.67. The Morgan fingerprint density at radius 3 is 2.73 bits per heavy atom. The second-order valence-electron chi connectivity index (χ2n) is 6.43. The van der Waals surface area contributed by atoms with E-state index in [4.69, 9.17) is 0 Å². The van der Waals surface area contributed by atoms with Crippen LogP contribution in [0.3, 0.4) is 0 Å². The lowest BCUT2D eigenvalue weighted by Gasteiger charge is -2.30. The number of guanidine groups is 1. The van der Waals surface area contributed by atoms with Gasteiger partial charge in [-0.1, -0.05) is 19.8 Å². The van der Waals surface area contributed by atoms with Crippen LogP contribution in [0.15, 0.2) is 17.4 Å². The molecule has 0 aliphatic heterocycles. The summed E-state index contributed by atoms with van der Waals surface area (Å²) in [5.74, 6) is 1.86. The first kappa shape index (κ1) is 16.8. The summed E-state index contributed by atoms with van der Waals surface area (Å²) < 4.78 is 1.96. The first-order valence-corrected chi connectivity index (χ1v) is 8.67. The molecule has 2 rings (SSSR count). The molecule has 0 bridgehead atoms. The fourth-order valence-corrected chi connectivity index (χ4v) is 3.27. The van der Waals surface area contributed by atoms with Gasteiger partial charge in [-0.3, -0.25) is 9.67 Å². The van der Waals surface area contributed by atoms with Gasteiger partial charge >= 0.3 is 0 Å². The van der Waals surface area contributed by atoms with Gasteiger partial charge in [-0.05, 0) is 44.1 Å². The highest BCUT2D eigenvalue weighted by Gasteiger charge is 2.21. The van der Waals surface area contributed by atoms with E-state index in [2.05, 4.69) is 40.8 Å². The van der Waals surface area contributed by atoms with E-state index in [1.807, 2.05) is 17.9 Å². The van der Waals surface area contributed by atoms with Gasteiger partial charge in [-0.25, -0.2) is 0 Å². The van der Waals surface area contributed by atoms with E-state index in [1.54, 1.807) is 0 Å². The third-order valence-corrected chi connectivity index (χ3v) is 4.50. The number of aliphatic imine (C=N–C) groups is 1. The van der Waals surface area contributed by atoms with Crippen LogP contribution in [0.4, 0.5) is 0 Å². The largest absolute Gasteiger partial charge is 0.355 e. The number of aromatic nitrogens is 2. The van der Waals surface area contributed by atoms with Gasteiger partial charge in [0.2, 0.25) is 0 Å². The Morgan fingerprint density at radius 2 is 2.14 bits per heavy atom. The number of nitrogens with zero attached hydrogens (tertiary/aromatic N) is 3. The first-order chi connectivity index (χ1) is 10.7. The smallest absolute Gasteiger partial charge is 0.191 e. The second-order valence-corrected chi connectivity index (χ2v) is 6.43. The van der Waals surface area contributed by atoms with Crippen molar-refractivity contribution in [2.45, 2.75) is 65.0 Å². The second kappa shape index (κ2) is 8.81. The Morgan fingerprint density at radius 1 is 1.36 bits per heavy atom. The predicted octanol–water partition coefficient (Wildman–Crippen LogP) is 2.72. The highest BCUT2D eigenvalue weighted by atomic mass is 15.3. The number of hydrogen-bond acceptors (Lipinski definition) is 2. The van der Waals surface area contributed by atoms with Crippen molar-refractivity contribution in [3.63, 3.8) is 0 Å². The SMILES string of the molecule is CCCC1CCC(NC(=NC)NCCn2cc(C)cn2)CC1. The zero-order valence-electron chi connectivity index (χ0n) is 14.3. The van der Waals surface area contributed by atoms with Crippen molar-refractivity contribution >= 4 is 5.96 Å². The number of aryl methyl sites for hydroxylation is 1. The Balaban J connectivity index is 1.67. The minimum absolute atomic E-state index is 0.575. The van der Waals surface area contributed by atoms with Crippen molar-refractivity contribution in [1.82, 2.24) is 20.4 Å². The van der Waals surface area contributed by atoms with Crippen LogP contribution in [0.25, 0.3) is 0 Å². The highest BCUT2D eigenvalue weighted by molar-refractivity contribution is 5.79. The molecule has 0 unspecified atom stereocenters. The zero-order valence-corrected chi connectivity index (χ0v) is 14.3. The zero-order chi connectivity index (χ0) is 15.8. The van der Waals surface area contributed by atoms with E-state index < -0.39 is 0 Å². The van der Waals surface area contributed by atoms with Gasteiger partial charge in [0, 0.05) is 25.8 Å². The molecule has 1 saturated carbocycles. The highest BCUT2D eigenvalue weighted by Crippen LogP contribution is 2.27. The molecular weight excluding hydrogens is 274 g/mol. The maximum atomic E-state index is 4.34. The predicted molar refractivity (Wildman–Crippen MR) is 92.1 cm³/mol. The summed E-state index contributed by atoms with van der Waals surface area (Å²) in [6.45, 7) is 6.05. The molecule has 0 amide bonds. The maximum Gasteiger partial charge on any atom is 0.191 e. The van der Waals surface area contributed by atoms with Gasteiger partial charge in [-0.15, -0.1) is 0 Å². The summed E-state index contributed by atoms with van der Waals surface area (Å²) in [5, 5.41) is 11.3. The standard InChI is InChI=1S/C17H31N5/c1-4-5-15-6-8-16(9-7-15)21-17(18-3)19-10-11-22-13-14(2)12-20-22/h12-13,15-16H,4-11H2,1-3H3,(H2,18,19,21). The summed E-state index contributed by atoms with van der Waals surface area (Å²) in [6, 6.07) is 0.575. The van der Waals surface area contributed by atoms with Crippen molar-refractivity contribution in [2.24, 2.45) is 10.9 Å². The molecule has 124 valence electrons. The molecule has 0 radical (unpaired) electrons. The fraction of sp³-hybridized carbons (Fsp3) is 0.765. The molecule has 1 aliphatic rings. The Bertz CT molecular complexity index is 457. The minimum Gasteiger partial charge on any atom is -0.355 e.